The highest BCUT2D eigenvalue weighted by Gasteiger charge is 2.18. The Labute approximate surface area is 171 Å². The highest BCUT2D eigenvalue weighted by atomic mass is 16.4. The summed E-state index contributed by atoms with van der Waals surface area (Å²) >= 11 is 0. The number of amides is 2. The number of carbonyl (C=O) groups is 2. The van der Waals surface area contributed by atoms with Crippen LogP contribution >= 0.6 is 0 Å². The molecule has 0 saturated carbocycles. The zero-order valence-corrected chi connectivity index (χ0v) is 16.3. The van der Waals surface area contributed by atoms with Crippen LogP contribution < -0.4 is 11.1 Å². The minimum Gasteiger partial charge on any atom is -0.416 e. The van der Waals surface area contributed by atoms with Crippen molar-refractivity contribution in [2.45, 2.75) is 13.8 Å². The second-order valence-corrected chi connectivity index (χ2v) is 6.70. The van der Waals surface area contributed by atoms with E-state index in [2.05, 4.69) is 25.7 Å². The molecule has 9 nitrogen and oxygen atoms in total. The molecule has 0 atom stereocenters. The van der Waals surface area contributed by atoms with Crippen molar-refractivity contribution in [1.82, 2.24) is 20.4 Å². The molecule has 4 rings (SSSR count). The largest absolute Gasteiger partial charge is 0.416 e. The number of anilines is 1. The SMILES string of the molecule is Cc1ccccc1-c1nnc(-c2ccc(C(=O)Nc3c(C(N)=O)n[nH]c3C)cc2)o1. The van der Waals surface area contributed by atoms with Gasteiger partial charge < -0.3 is 15.5 Å². The highest BCUT2D eigenvalue weighted by Crippen LogP contribution is 2.26. The maximum atomic E-state index is 12.6. The van der Waals surface area contributed by atoms with Crippen LogP contribution in [0.4, 0.5) is 5.69 Å². The van der Waals surface area contributed by atoms with E-state index in [0.29, 0.717) is 28.6 Å². The van der Waals surface area contributed by atoms with E-state index in [9.17, 15) is 9.59 Å². The molecule has 30 heavy (non-hydrogen) atoms. The average molecular weight is 402 g/mol. The fourth-order valence-electron chi connectivity index (χ4n) is 2.97. The first kappa shape index (κ1) is 19.1. The Hall–Kier alpha value is -4.27. The number of nitrogens with two attached hydrogens (primary N) is 1. The Kier molecular flexibility index (Phi) is 4.85. The molecule has 4 N–H and O–H groups in total. The highest BCUT2D eigenvalue weighted by molar-refractivity contribution is 6.08. The number of hydrogen-bond acceptors (Lipinski definition) is 6. The van der Waals surface area contributed by atoms with Crippen LogP contribution in [0.2, 0.25) is 0 Å². The van der Waals surface area contributed by atoms with E-state index in [1.54, 1.807) is 31.2 Å². The number of carbonyl (C=O) groups excluding carboxylic acids is 2. The van der Waals surface area contributed by atoms with Crippen molar-refractivity contribution in [1.29, 1.82) is 0 Å². The molecular weight excluding hydrogens is 384 g/mol. The van der Waals surface area contributed by atoms with Crippen molar-refractivity contribution in [2.24, 2.45) is 5.73 Å². The molecular formula is C21H18N6O3. The van der Waals surface area contributed by atoms with Crippen molar-refractivity contribution in [3.8, 4) is 22.9 Å². The normalized spacial score (nSPS) is 10.7. The molecule has 0 fully saturated rings. The van der Waals surface area contributed by atoms with Gasteiger partial charge in [0.15, 0.2) is 5.69 Å². The third kappa shape index (κ3) is 3.55. The molecule has 9 heteroatoms. The summed E-state index contributed by atoms with van der Waals surface area (Å²) in [4.78, 5) is 24.0. The monoisotopic (exact) mass is 402 g/mol. The zero-order chi connectivity index (χ0) is 21.3. The minimum atomic E-state index is -0.731. The zero-order valence-electron chi connectivity index (χ0n) is 16.3. The summed E-state index contributed by atoms with van der Waals surface area (Å²) in [7, 11) is 0. The molecule has 2 heterocycles. The standard InChI is InChI=1S/C21H18N6O3/c1-11-5-3-4-6-15(11)21-27-26-20(30-21)14-9-7-13(8-10-14)19(29)23-16-12(2)24-25-17(16)18(22)28/h3-10H,1-2H3,(H2,22,28)(H,23,29)(H,24,25). The van der Waals surface area contributed by atoms with E-state index in [1.807, 2.05) is 31.2 Å². The van der Waals surface area contributed by atoms with Gasteiger partial charge in [-0.25, -0.2) is 0 Å². The van der Waals surface area contributed by atoms with Gasteiger partial charge in [0.1, 0.15) is 0 Å². The Balaban J connectivity index is 1.54. The number of rotatable bonds is 5. The summed E-state index contributed by atoms with van der Waals surface area (Å²) < 4.78 is 5.79. The van der Waals surface area contributed by atoms with E-state index in [0.717, 1.165) is 11.1 Å². The first-order valence-electron chi connectivity index (χ1n) is 9.10. The van der Waals surface area contributed by atoms with Gasteiger partial charge in [0.25, 0.3) is 11.8 Å². The number of aryl methyl sites for hydroxylation is 2. The first-order valence-corrected chi connectivity index (χ1v) is 9.10. The van der Waals surface area contributed by atoms with E-state index in [4.69, 9.17) is 10.2 Å². The van der Waals surface area contributed by atoms with Crippen molar-refractivity contribution in [2.75, 3.05) is 5.32 Å². The number of nitrogens with one attached hydrogen (secondary N) is 2. The molecule has 0 saturated heterocycles. The molecule has 4 aromatic rings. The molecule has 0 unspecified atom stereocenters. The Bertz CT molecular complexity index is 1240. The third-order valence-electron chi connectivity index (χ3n) is 4.61. The van der Waals surface area contributed by atoms with Crippen LogP contribution in [0.15, 0.2) is 52.9 Å². The van der Waals surface area contributed by atoms with Gasteiger partial charge >= 0.3 is 0 Å². The van der Waals surface area contributed by atoms with Gasteiger partial charge in [-0.3, -0.25) is 14.7 Å². The molecule has 2 amide bonds. The molecule has 0 aliphatic heterocycles. The summed E-state index contributed by atoms with van der Waals surface area (Å²) in [6, 6.07) is 14.4. The maximum Gasteiger partial charge on any atom is 0.271 e. The Morgan fingerprint density at radius 2 is 1.70 bits per heavy atom. The molecule has 0 aliphatic carbocycles. The van der Waals surface area contributed by atoms with Gasteiger partial charge in [0.2, 0.25) is 11.8 Å². The third-order valence-corrected chi connectivity index (χ3v) is 4.61. The number of primary amides is 1. The fraction of sp³-hybridized carbons (Fsp3) is 0.0952. The number of hydrogen-bond donors (Lipinski definition) is 3. The van der Waals surface area contributed by atoms with E-state index in [-0.39, 0.29) is 11.4 Å². The molecule has 0 bridgehead atoms. The van der Waals surface area contributed by atoms with Crippen LogP contribution in [-0.4, -0.2) is 32.2 Å². The first-order chi connectivity index (χ1) is 14.4. The Morgan fingerprint density at radius 1 is 1.00 bits per heavy atom. The predicted octanol–water partition coefficient (Wildman–Crippen LogP) is 3.09. The second-order valence-electron chi connectivity index (χ2n) is 6.70. The lowest BCUT2D eigenvalue weighted by Gasteiger charge is -2.06. The Morgan fingerprint density at radius 3 is 2.40 bits per heavy atom. The number of aromatic amines is 1. The van der Waals surface area contributed by atoms with Crippen LogP contribution in [0.25, 0.3) is 22.9 Å². The number of nitrogens with zero attached hydrogens (tertiary/aromatic N) is 3. The van der Waals surface area contributed by atoms with E-state index >= 15 is 0 Å². The van der Waals surface area contributed by atoms with Crippen LogP contribution in [0, 0.1) is 13.8 Å². The molecule has 0 aliphatic rings. The van der Waals surface area contributed by atoms with Gasteiger partial charge in [0, 0.05) is 16.7 Å². The molecule has 0 spiro atoms. The quantitative estimate of drug-likeness (QED) is 0.469. The minimum absolute atomic E-state index is 0.0212. The topological polar surface area (TPSA) is 140 Å². The van der Waals surface area contributed by atoms with Crippen molar-refractivity contribution >= 4 is 17.5 Å². The lowest BCUT2D eigenvalue weighted by molar-refractivity contribution is 0.0996. The van der Waals surface area contributed by atoms with E-state index in [1.165, 1.54) is 0 Å². The summed E-state index contributed by atoms with van der Waals surface area (Å²) in [5.41, 5.74) is 9.01. The summed E-state index contributed by atoms with van der Waals surface area (Å²) in [6.45, 7) is 3.65. The van der Waals surface area contributed by atoms with Crippen LogP contribution in [0.1, 0.15) is 32.1 Å². The second kappa shape index (κ2) is 7.63. The summed E-state index contributed by atoms with van der Waals surface area (Å²) in [5, 5.41) is 17.3. The maximum absolute atomic E-state index is 12.6. The number of benzene rings is 2. The predicted molar refractivity (Wildman–Crippen MR) is 110 cm³/mol. The van der Waals surface area contributed by atoms with Crippen LogP contribution in [-0.2, 0) is 0 Å². The number of aromatic nitrogens is 4. The van der Waals surface area contributed by atoms with Gasteiger partial charge in [-0.1, -0.05) is 18.2 Å². The van der Waals surface area contributed by atoms with Gasteiger partial charge in [-0.15, -0.1) is 10.2 Å². The van der Waals surface area contributed by atoms with Crippen LogP contribution in [0.3, 0.4) is 0 Å². The van der Waals surface area contributed by atoms with Gasteiger partial charge in [-0.05, 0) is 49.7 Å². The summed E-state index contributed by atoms with van der Waals surface area (Å²) in [6.07, 6.45) is 0. The van der Waals surface area contributed by atoms with Gasteiger partial charge in [-0.2, -0.15) is 5.10 Å². The molecule has 2 aromatic carbocycles. The smallest absolute Gasteiger partial charge is 0.271 e. The van der Waals surface area contributed by atoms with Crippen LogP contribution in [0.5, 0.6) is 0 Å². The lowest BCUT2D eigenvalue weighted by atomic mass is 10.1. The molecule has 2 aromatic heterocycles. The van der Waals surface area contributed by atoms with Crippen molar-refractivity contribution in [3.63, 3.8) is 0 Å². The summed E-state index contributed by atoms with van der Waals surface area (Å²) in [5.74, 6) is -0.355. The lowest BCUT2D eigenvalue weighted by Crippen LogP contribution is -2.18. The molecule has 150 valence electrons. The molecule has 0 radical (unpaired) electrons. The van der Waals surface area contributed by atoms with Crippen molar-refractivity contribution in [3.05, 3.63) is 71.0 Å². The average Bonchev–Trinajstić information content (AvgIpc) is 3.36. The fourth-order valence-corrected chi connectivity index (χ4v) is 2.97. The van der Waals surface area contributed by atoms with Gasteiger partial charge in [0.05, 0.1) is 11.4 Å². The number of H-pyrrole nitrogens is 1. The van der Waals surface area contributed by atoms with Crippen molar-refractivity contribution < 1.29 is 14.0 Å². The van der Waals surface area contributed by atoms with E-state index < -0.39 is 11.8 Å².